The topological polar surface area (TPSA) is 8.17 Å². The Morgan fingerprint density at radius 1 is 0.684 bits per heavy atom. The van der Waals surface area contributed by atoms with Crippen LogP contribution in [0.25, 0.3) is 49.7 Å². The Hall–Kier alpha value is -6.64. The first-order valence-electron chi connectivity index (χ1n) is 20.3. The van der Waals surface area contributed by atoms with Gasteiger partial charge < -0.3 is 9.47 Å². The van der Waals surface area contributed by atoms with Gasteiger partial charge in [0.15, 0.2) is 0 Å². The van der Waals surface area contributed by atoms with E-state index >= 15 is 0 Å². The standard InChI is InChI=1S/C55H46N2/c1-39-18-14-15-33-56(47-26-16-25-43(35-47)40-19-6-3-7-20-40)52-32-31-44(36-51(39)52)48-28-17-29-50-49-27-12-13-30-53(49)57(54(48)50)55(2)37-45(41-21-8-4-9-22-41)34-46(38-55)42-23-10-5-11-24-42/h3-14,16-32,34,36-37,43H,1,15,33,35,38H2,2H3/b18-14-. The number of allylic oxidation sites excluding steroid dienone is 10. The maximum absolute atomic E-state index is 4.64. The van der Waals surface area contributed by atoms with Gasteiger partial charge in [0, 0.05) is 51.3 Å². The molecule has 0 amide bonds. The molecule has 0 N–H and O–H groups in total. The van der Waals surface area contributed by atoms with E-state index < -0.39 is 0 Å². The molecule has 7 aromatic rings. The van der Waals surface area contributed by atoms with Gasteiger partial charge in [0.25, 0.3) is 0 Å². The maximum Gasteiger partial charge on any atom is 0.0655 e. The van der Waals surface area contributed by atoms with Gasteiger partial charge in [0.1, 0.15) is 0 Å². The quantitative estimate of drug-likeness (QED) is 0.165. The number of benzene rings is 6. The number of aromatic nitrogens is 1. The monoisotopic (exact) mass is 734 g/mol. The van der Waals surface area contributed by atoms with Crippen molar-refractivity contribution in [2.75, 3.05) is 11.4 Å². The molecule has 1 aliphatic heterocycles. The van der Waals surface area contributed by atoms with Crippen molar-refractivity contribution in [2.45, 2.75) is 37.6 Å². The number of hydrogen-bond donors (Lipinski definition) is 0. The molecule has 0 bridgehead atoms. The van der Waals surface area contributed by atoms with Crippen LogP contribution in [0, 0.1) is 0 Å². The van der Waals surface area contributed by atoms with Crippen LogP contribution in [0.15, 0.2) is 206 Å². The molecule has 3 aliphatic rings. The average Bonchev–Trinajstić information content (AvgIpc) is 3.62. The van der Waals surface area contributed by atoms with Gasteiger partial charge in [-0.2, -0.15) is 0 Å². The van der Waals surface area contributed by atoms with Crippen LogP contribution in [0.3, 0.4) is 0 Å². The predicted octanol–water partition coefficient (Wildman–Crippen LogP) is 14.2. The molecule has 2 aliphatic carbocycles. The van der Waals surface area contributed by atoms with Crippen molar-refractivity contribution in [1.29, 1.82) is 0 Å². The summed E-state index contributed by atoms with van der Waals surface area (Å²) in [6.07, 6.45) is 19.1. The van der Waals surface area contributed by atoms with Gasteiger partial charge in [0.05, 0.1) is 11.1 Å². The lowest BCUT2D eigenvalue weighted by atomic mass is 9.80. The fraction of sp³-hybridized carbons (Fsp3) is 0.127. The minimum Gasteiger partial charge on any atom is -0.344 e. The zero-order valence-corrected chi connectivity index (χ0v) is 32.5. The molecule has 0 saturated carbocycles. The van der Waals surface area contributed by atoms with Crippen LogP contribution < -0.4 is 4.90 Å². The highest BCUT2D eigenvalue weighted by molar-refractivity contribution is 6.13. The molecule has 276 valence electrons. The Labute approximate surface area is 336 Å². The van der Waals surface area contributed by atoms with Gasteiger partial charge >= 0.3 is 0 Å². The van der Waals surface area contributed by atoms with Crippen molar-refractivity contribution in [1.82, 2.24) is 4.57 Å². The minimum atomic E-state index is -0.369. The smallest absolute Gasteiger partial charge is 0.0655 e. The number of para-hydroxylation sites is 2. The second-order valence-electron chi connectivity index (χ2n) is 16.0. The lowest BCUT2D eigenvalue weighted by Gasteiger charge is -2.36. The third-order valence-corrected chi connectivity index (χ3v) is 12.2. The number of fused-ring (bicyclic) bond motifs is 4. The van der Waals surface area contributed by atoms with E-state index in [4.69, 9.17) is 0 Å². The molecule has 2 unspecified atom stereocenters. The fourth-order valence-corrected chi connectivity index (χ4v) is 9.54. The Kier molecular flexibility index (Phi) is 8.83. The van der Waals surface area contributed by atoms with Gasteiger partial charge in [-0.1, -0.05) is 176 Å². The van der Waals surface area contributed by atoms with E-state index in [9.17, 15) is 0 Å². The zero-order valence-electron chi connectivity index (χ0n) is 32.5. The first-order chi connectivity index (χ1) is 28.0. The number of anilines is 1. The lowest BCUT2D eigenvalue weighted by molar-refractivity contribution is 0.446. The highest BCUT2D eigenvalue weighted by Crippen LogP contribution is 2.47. The predicted molar refractivity (Wildman–Crippen MR) is 243 cm³/mol. The van der Waals surface area contributed by atoms with Gasteiger partial charge in [-0.05, 0) is 89.4 Å². The molecule has 2 nitrogen and oxygen atoms in total. The van der Waals surface area contributed by atoms with E-state index in [1.54, 1.807) is 0 Å². The lowest BCUT2D eigenvalue weighted by Crippen LogP contribution is -2.30. The molecule has 2 heteroatoms. The summed E-state index contributed by atoms with van der Waals surface area (Å²) in [4.78, 5) is 2.54. The van der Waals surface area contributed by atoms with Crippen LogP contribution in [-0.4, -0.2) is 11.1 Å². The summed E-state index contributed by atoms with van der Waals surface area (Å²) >= 11 is 0. The van der Waals surface area contributed by atoms with Crippen molar-refractivity contribution in [3.05, 3.63) is 229 Å². The highest BCUT2D eigenvalue weighted by atomic mass is 15.1. The molecule has 2 heterocycles. The number of rotatable bonds is 6. The first kappa shape index (κ1) is 34.8. The van der Waals surface area contributed by atoms with Crippen LogP contribution in [0.2, 0.25) is 0 Å². The average molecular weight is 735 g/mol. The van der Waals surface area contributed by atoms with E-state index in [0.29, 0.717) is 5.92 Å². The van der Waals surface area contributed by atoms with E-state index in [0.717, 1.165) is 31.4 Å². The molecular weight excluding hydrogens is 689 g/mol. The van der Waals surface area contributed by atoms with E-state index in [2.05, 4.69) is 217 Å². The van der Waals surface area contributed by atoms with E-state index in [1.807, 2.05) is 0 Å². The van der Waals surface area contributed by atoms with E-state index in [1.165, 1.54) is 77.7 Å². The summed E-state index contributed by atoms with van der Waals surface area (Å²) < 4.78 is 2.65. The third-order valence-electron chi connectivity index (χ3n) is 12.2. The van der Waals surface area contributed by atoms with Gasteiger partial charge in [-0.15, -0.1) is 0 Å². The Bertz CT molecular complexity index is 2810. The van der Waals surface area contributed by atoms with E-state index in [-0.39, 0.29) is 5.54 Å². The molecular formula is C55H46N2. The summed E-state index contributed by atoms with van der Waals surface area (Å²) in [6.45, 7) is 7.99. The normalized spacial score (nSPS) is 20.0. The summed E-state index contributed by atoms with van der Waals surface area (Å²) in [5.41, 5.74) is 15.8. The SMILES string of the molecule is C=C1/C=C\CCN(C2=CC=CC(c3ccccc3)C2)c2ccc(-c3cccc4c5ccccc5n(C5(C)C=C(c6ccccc6)C=C(c6ccccc6)C5)c34)cc21. The second kappa shape index (κ2) is 14.5. The van der Waals surface area contributed by atoms with Crippen molar-refractivity contribution in [3.8, 4) is 11.1 Å². The van der Waals surface area contributed by atoms with Crippen LogP contribution in [-0.2, 0) is 5.54 Å². The Morgan fingerprint density at radius 2 is 1.40 bits per heavy atom. The van der Waals surface area contributed by atoms with Crippen molar-refractivity contribution >= 4 is 44.2 Å². The summed E-state index contributed by atoms with van der Waals surface area (Å²) in [7, 11) is 0. The second-order valence-corrected chi connectivity index (χ2v) is 16.0. The first-order valence-corrected chi connectivity index (χ1v) is 20.3. The van der Waals surface area contributed by atoms with Crippen LogP contribution in [0.4, 0.5) is 5.69 Å². The van der Waals surface area contributed by atoms with Gasteiger partial charge in [-0.25, -0.2) is 0 Å². The summed E-state index contributed by atoms with van der Waals surface area (Å²) in [6, 6.07) is 55.6. The molecule has 10 rings (SSSR count). The van der Waals surface area contributed by atoms with Gasteiger partial charge in [-0.3, -0.25) is 0 Å². The zero-order chi connectivity index (χ0) is 38.3. The Balaban J connectivity index is 1.14. The highest BCUT2D eigenvalue weighted by Gasteiger charge is 2.34. The molecule has 0 radical (unpaired) electrons. The molecule has 0 fully saturated rings. The maximum atomic E-state index is 4.64. The largest absolute Gasteiger partial charge is 0.344 e. The molecule has 6 aromatic carbocycles. The number of hydrogen-bond acceptors (Lipinski definition) is 1. The number of nitrogens with zero attached hydrogens (tertiary/aromatic N) is 2. The minimum absolute atomic E-state index is 0.354. The molecule has 57 heavy (non-hydrogen) atoms. The van der Waals surface area contributed by atoms with Crippen LogP contribution >= 0.6 is 0 Å². The van der Waals surface area contributed by atoms with Crippen molar-refractivity contribution in [3.63, 3.8) is 0 Å². The molecule has 1 aromatic heterocycles. The molecule has 0 saturated heterocycles. The summed E-state index contributed by atoms with van der Waals surface area (Å²) in [5.74, 6) is 0.354. The third kappa shape index (κ3) is 6.32. The van der Waals surface area contributed by atoms with Crippen LogP contribution in [0.1, 0.15) is 54.4 Å². The Morgan fingerprint density at radius 3 is 2.21 bits per heavy atom. The molecule has 0 spiro atoms. The van der Waals surface area contributed by atoms with Crippen LogP contribution in [0.5, 0.6) is 0 Å². The molecule has 2 atom stereocenters. The fourth-order valence-electron chi connectivity index (χ4n) is 9.54. The summed E-state index contributed by atoms with van der Waals surface area (Å²) in [5, 5.41) is 2.55. The van der Waals surface area contributed by atoms with Crippen molar-refractivity contribution in [2.24, 2.45) is 0 Å². The van der Waals surface area contributed by atoms with Crippen molar-refractivity contribution < 1.29 is 0 Å². The van der Waals surface area contributed by atoms with Gasteiger partial charge in [0.2, 0.25) is 0 Å².